The second kappa shape index (κ2) is 7.84. The smallest absolute Gasteiger partial charge is 0.276 e. The molecule has 0 heterocycles. The van der Waals surface area contributed by atoms with Gasteiger partial charge in [-0.05, 0) is 29.8 Å². The van der Waals surface area contributed by atoms with Crippen molar-refractivity contribution >= 4 is 15.7 Å². The van der Waals surface area contributed by atoms with Gasteiger partial charge >= 0.3 is 6.18 Å². The molecule has 0 saturated heterocycles. The molecular weight excluding hydrogens is 458 g/mol. The predicted octanol–water partition coefficient (Wildman–Crippen LogP) is 5.87. The summed E-state index contributed by atoms with van der Waals surface area (Å²) in [6.07, 6.45) is -5.27. The van der Waals surface area contributed by atoms with Gasteiger partial charge in [0.05, 0.1) is 16.1 Å². The first kappa shape index (κ1) is 22.5. The molecule has 12 heteroatoms. The predicted molar refractivity (Wildman–Crippen MR) is 93.9 cm³/mol. The summed E-state index contributed by atoms with van der Waals surface area (Å²) in [5, 5.41) is 0. The van der Waals surface area contributed by atoms with Crippen molar-refractivity contribution in [3.63, 3.8) is 0 Å². The summed E-state index contributed by atoms with van der Waals surface area (Å²) in [5.41, 5.74) is -5.72. The third-order valence-electron chi connectivity index (χ3n) is 4.12. The molecule has 0 saturated carbocycles. The minimum absolute atomic E-state index is 0.0187. The van der Waals surface area contributed by atoms with Crippen LogP contribution in [0.25, 0.3) is 11.1 Å². The molecule has 164 valence electrons. The number of halogens is 8. The molecule has 31 heavy (non-hydrogen) atoms. The Morgan fingerprint density at radius 1 is 0.742 bits per heavy atom. The average Bonchev–Trinajstić information content (AvgIpc) is 2.71. The fourth-order valence-electron chi connectivity index (χ4n) is 2.69. The highest BCUT2D eigenvalue weighted by Gasteiger charge is 2.36. The Hall–Kier alpha value is -3.15. The Kier molecular flexibility index (Phi) is 5.70. The second-order valence-electron chi connectivity index (χ2n) is 6.12. The van der Waals surface area contributed by atoms with Crippen molar-refractivity contribution in [2.45, 2.75) is 11.1 Å². The summed E-state index contributed by atoms with van der Waals surface area (Å²) < 4.78 is 136. The standard InChI is InChI=1S/C19H9F8NO2S/c20-12-7-6-9(8-11(12)19(25,26)27)13-14(21)15(22)16(23)17(24)18(13)28-31(29,30)10-4-2-1-3-5-10/h1-8,28H. The van der Waals surface area contributed by atoms with Gasteiger partial charge in [-0.15, -0.1) is 0 Å². The highest BCUT2D eigenvalue weighted by atomic mass is 32.2. The normalized spacial score (nSPS) is 12.1. The summed E-state index contributed by atoms with van der Waals surface area (Å²) in [7, 11) is -4.70. The van der Waals surface area contributed by atoms with Crippen LogP contribution in [0.15, 0.2) is 53.4 Å². The van der Waals surface area contributed by atoms with Crippen molar-refractivity contribution < 1.29 is 43.5 Å². The zero-order chi connectivity index (χ0) is 23.1. The minimum atomic E-state index is -5.27. The topological polar surface area (TPSA) is 46.2 Å². The molecule has 0 spiro atoms. The molecule has 0 fully saturated rings. The summed E-state index contributed by atoms with van der Waals surface area (Å²) in [6, 6.07) is 6.84. The van der Waals surface area contributed by atoms with Gasteiger partial charge < -0.3 is 0 Å². The lowest BCUT2D eigenvalue weighted by atomic mass is 9.99. The van der Waals surface area contributed by atoms with Crippen molar-refractivity contribution in [3.8, 4) is 11.1 Å². The van der Waals surface area contributed by atoms with Gasteiger partial charge in [0.15, 0.2) is 23.3 Å². The lowest BCUT2D eigenvalue weighted by Gasteiger charge is -2.17. The first-order valence-electron chi connectivity index (χ1n) is 8.15. The third-order valence-corrected chi connectivity index (χ3v) is 5.48. The van der Waals surface area contributed by atoms with Crippen LogP contribution in [-0.2, 0) is 16.2 Å². The lowest BCUT2D eigenvalue weighted by molar-refractivity contribution is -0.139. The van der Waals surface area contributed by atoms with E-state index in [1.54, 1.807) is 0 Å². The van der Waals surface area contributed by atoms with E-state index in [9.17, 15) is 43.5 Å². The van der Waals surface area contributed by atoms with Gasteiger partial charge in [0.25, 0.3) is 10.0 Å². The Labute approximate surface area is 170 Å². The molecule has 3 nitrogen and oxygen atoms in total. The summed E-state index contributed by atoms with van der Waals surface area (Å²) in [5.74, 6) is -10.9. The number of anilines is 1. The number of rotatable bonds is 4. The van der Waals surface area contributed by atoms with E-state index in [-0.39, 0.29) is 12.1 Å². The fourth-order valence-corrected chi connectivity index (χ4v) is 3.78. The zero-order valence-electron chi connectivity index (χ0n) is 14.9. The number of hydrogen-bond acceptors (Lipinski definition) is 2. The molecule has 0 aliphatic carbocycles. The second-order valence-corrected chi connectivity index (χ2v) is 7.80. The van der Waals surface area contributed by atoms with E-state index >= 15 is 0 Å². The highest BCUT2D eigenvalue weighted by molar-refractivity contribution is 7.92. The van der Waals surface area contributed by atoms with E-state index in [1.807, 2.05) is 0 Å². The van der Waals surface area contributed by atoms with Gasteiger partial charge in [0.2, 0.25) is 0 Å². The van der Waals surface area contributed by atoms with Crippen molar-refractivity contribution in [2.75, 3.05) is 4.72 Å². The first-order chi connectivity index (χ1) is 14.3. The van der Waals surface area contributed by atoms with Crippen molar-refractivity contribution in [1.29, 1.82) is 0 Å². The summed E-state index contributed by atoms with van der Waals surface area (Å²) >= 11 is 0. The van der Waals surface area contributed by atoms with E-state index < -0.39 is 72.6 Å². The van der Waals surface area contributed by atoms with Crippen LogP contribution in [-0.4, -0.2) is 8.42 Å². The molecule has 3 aromatic rings. The number of hydrogen-bond donors (Lipinski definition) is 1. The van der Waals surface area contributed by atoms with E-state index in [4.69, 9.17) is 0 Å². The van der Waals surface area contributed by atoms with Crippen LogP contribution in [0.1, 0.15) is 5.56 Å². The third kappa shape index (κ3) is 4.20. The average molecular weight is 467 g/mol. The monoisotopic (exact) mass is 467 g/mol. The Bertz CT molecular complexity index is 1260. The van der Waals surface area contributed by atoms with Gasteiger partial charge in [-0.25, -0.2) is 30.4 Å². The fraction of sp³-hybridized carbons (Fsp3) is 0.0526. The van der Waals surface area contributed by atoms with Gasteiger partial charge in [-0.3, -0.25) is 4.72 Å². The molecule has 0 aliphatic heterocycles. The molecular formula is C19H9F8NO2S. The molecule has 0 amide bonds. The number of benzene rings is 3. The van der Waals surface area contributed by atoms with E-state index in [1.165, 1.54) is 22.9 Å². The van der Waals surface area contributed by atoms with E-state index in [2.05, 4.69) is 0 Å². The van der Waals surface area contributed by atoms with Gasteiger partial charge in [-0.1, -0.05) is 24.3 Å². The minimum Gasteiger partial charge on any atom is -0.276 e. The Balaban J connectivity index is 2.30. The molecule has 0 aromatic heterocycles. The van der Waals surface area contributed by atoms with Crippen LogP contribution in [0.3, 0.4) is 0 Å². The molecule has 0 aliphatic rings. The van der Waals surface area contributed by atoms with E-state index in [0.717, 1.165) is 12.1 Å². The van der Waals surface area contributed by atoms with E-state index in [0.29, 0.717) is 6.07 Å². The zero-order valence-corrected chi connectivity index (χ0v) is 15.7. The largest absolute Gasteiger partial charge is 0.419 e. The first-order valence-corrected chi connectivity index (χ1v) is 9.64. The van der Waals surface area contributed by atoms with Gasteiger partial charge in [0.1, 0.15) is 5.82 Å². The molecule has 0 radical (unpaired) electrons. The molecule has 0 atom stereocenters. The Morgan fingerprint density at radius 2 is 1.32 bits per heavy atom. The lowest BCUT2D eigenvalue weighted by Crippen LogP contribution is -2.17. The number of nitrogens with one attached hydrogen (secondary N) is 1. The van der Waals surface area contributed by atoms with Gasteiger partial charge in [-0.2, -0.15) is 13.2 Å². The molecule has 3 rings (SSSR count). The van der Waals surface area contributed by atoms with Gasteiger partial charge in [0, 0.05) is 5.56 Å². The number of alkyl halides is 3. The summed E-state index contributed by atoms with van der Waals surface area (Å²) in [4.78, 5) is -0.486. The maximum absolute atomic E-state index is 14.5. The van der Waals surface area contributed by atoms with Crippen LogP contribution >= 0.6 is 0 Å². The van der Waals surface area contributed by atoms with Crippen LogP contribution in [0.4, 0.5) is 40.8 Å². The van der Waals surface area contributed by atoms with Crippen LogP contribution < -0.4 is 4.72 Å². The maximum atomic E-state index is 14.5. The SMILES string of the molecule is O=S(=O)(Nc1c(F)c(F)c(F)c(F)c1-c1ccc(F)c(C(F)(F)F)c1)c1ccccc1. The van der Waals surface area contributed by atoms with Crippen molar-refractivity contribution in [3.05, 3.63) is 83.2 Å². The van der Waals surface area contributed by atoms with Crippen LogP contribution in [0, 0.1) is 29.1 Å². The molecule has 3 aromatic carbocycles. The Morgan fingerprint density at radius 3 is 1.90 bits per heavy atom. The number of sulfonamides is 1. The van der Waals surface area contributed by atoms with Crippen LogP contribution in [0.2, 0.25) is 0 Å². The molecule has 0 unspecified atom stereocenters. The maximum Gasteiger partial charge on any atom is 0.419 e. The molecule has 1 N–H and O–H groups in total. The summed E-state index contributed by atoms with van der Waals surface area (Å²) in [6.45, 7) is 0. The van der Waals surface area contributed by atoms with Crippen molar-refractivity contribution in [1.82, 2.24) is 0 Å². The molecule has 0 bridgehead atoms. The quantitative estimate of drug-likeness (QED) is 0.297. The van der Waals surface area contributed by atoms with Crippen molar-refractivity contribution in [2.24, 2.45) is 0 Å². The highest BCUT2D eigenvalue weighted by Crippen LogP contribution is 2.40. The van der Waals surface area contributed by atoms with Crippen LogP contribution in [0.5, 0.6) is 0 Å².